The van der Waals surface area contributed by atoms with E-state index >= 15 is 0 Å². The number of methoxy groups -OCH3 is 2. The van der Waals surface area contributed by atoms with Crippen molar-refractivity contribution in [1.29, 1.82) is 0 Å². The van der Waals surface area contributed by atoms with E-state index in [2.05, 4.69) is 31.4 Å². The number of aldehydes is 1. The monoisotopic (exact) mass is 745 g/mol. The Morgan fingerprint density at radius 3 is 1.94 bits per heavy atom. The Morgan fingerprint density at radius 1 is 0.882 bits per heavy atom. The number of anilines is 1. The van der Waals surface area contributed by atoms with Crippen LogP contribution in [-0.2, 0) is 62.4 Å². The molecule has 0 spiro atoms. The van der Waals surface area contributed by atoms with Gasteiger partial charge in [0.25, 0.3) is 15.9 Å². The third-order valence-corrected chi connectivity index (χ3v) is 8.07. The van der Waals surface area contributed by atoms with Crippen molar-refractivity contribution >= 4 is 45.9 Å². The van der Waals surface area contributed by atoms with Crippen molar-refractivity contribution in [3.63, 3.8) is 0 Å². The first kappa shape index (κ1) is 44.9. The highest BCUT2D eigenvalue weighted by atomic mass is 32.2. The zero-order valence-corrected chi connectivity index (χ0v) is 30.7. The molecule has 51 heavy (non-hydrogen) atoms. The number of sulfonamides is 1. The average Bonchev–Trinajstić information content (AvgIpc) is 3.80. The molecule has 1 aromatic carbocycles. The smallest absolute Gasteiger partial charge is 0.408 e. The van der Waals surface area contributed by atoms with E-state index in [9.17, 15) is 32.4 Å². The van der Waals surface area contributed by atoms with Gasteiger partial charge in [0.15, 0.2) is 0 Å². The van der Waals surface area contributed by atoms with Crippen molar-refractivity contribution in [2.24, 2.45) is 5.92 Å². The van der Waals surface area contributed by atoms with Crippen molar-refractivity contribution in [3.8, 4) is 0 Å². The van der Waals surface area contributed by atoms with Crippen LogP contribution in [0.5, 0.6) is 0 Å². The topological polar surface area (TPSA) is 220 Å². The maximum absolute atomic E-state index is 13.1. The molecule has 1 saturated carbocycles. The number of ether oxygens (including phenoxy) is 7. The lowest BCUT2D eigenvalue weighted by Gasteiger charge is -2.24. The average molecular weight is 746 g/mol. The zero-order chi connectivity index (χ0) is 38.3. The first-order valence-corrected chi connectivity index (χ1v) is 17.6. The maximum atomic E-state index is 13.1. The van der Waals surface area contributed by atoms with Crippen LogP contribution >= 0.6 is 0 Å². The van der Waals surface area contributed by atoms with E-state index in [1.807, 2.05) is 0 Å². The van der Waals surface area contributed by atoms with Gasteiger partial charge in [0.05, 0.1) is 79.0 Å². The van der Waals surface area contributed by atoms with Gasteiger partial charge in [-0.2, -0.15) is 0 Å². The summed E-state index contributed by atoms with van der Waals surface area (Å²) in [6.07, 6.45) is 1.93. The van der Waals surface area contributed by atoms with E-state index in [0.717, 1.165) is 0 Å². The van der Waals surface area contributed by atoms with Gasteiger partial charge in [-0.3, -0.25) is 14.4 Å². The van der Waals surface area contributed by atoms with Gasteiger partial charge < -0.3 is 48.6 Å². The summed E-state index contributed by atoms with van der Waals surface area (Å²) in [5.41, 5.74) is -1.99. The molecule has 0 bridgehead atoms. The number of hydrogen-bond donors (Lipinski definition) is 3. The first-order chi connectivity index (χ1) is 24.2. The second kappa shape index (κ2) is 23.4. The quantitative estimate of drug-likeness (QED) is 0.0478. The summed E-state index contributed by atoms with van der Waals surface area (Å²) >= 11 is 0. The van der Waals surface area contributed by atoms with E-state index in [0.29, 0.717) is 32.7 Å². The van der Waals surface area contributed by atoms with Crippen LogP contribution in [0.1, 0.15) is 40.0 Å². The largest absolute Gasteiger partial charge is 0.469 e. The van der Waals surface area contributed by atoms with Crippen LogP contribution < -0.4 is 15.4 Å². The molecule has 17 nitrogen and oxygen atoms in total. The minimum absolute atomic E-state index is 0.0837. The molecule has 0 saturated heterocycles. The van der Waals surface area contributed by atoms with E-state index in [4.69, 9.17) is 23.7 Å². The van der Waals surface area contributed by atoms with Gasteiger partial charge >= 0.3 is 18.0 Å². The number of rotatable bonds is 23. The molecule has 0 unspecified atom stereocenters. The lowest BCUT2D eigenvalue weighted by atomic mass is 10.2. The van der Waals surface area contributed by atoms with Crippen LogP contribution in [0.25, 0.3) is 0 Å². The van der Waals surface area contributed by atoms with E-state index < -0.39 is 39.1 Å². The standard InChI is InChI=1S/C25H37N3O9S.C8H14O5/c1-6-18-17-25(18,27-23(31)37-24(2,3)4)22(30)28-38(32,33)20-10-8-7-9-19(20)26-12-14-36-16-15-35-13-11-21(29)34-5;1-11-8(10)2-4-12-6-7-13-5-3-9/h6-10,18,26H,1,11-17H2,2-5H3,(H,27,31)(H,28,30);3H,2,4-7H2,1H3/t18-,25-;/m1./s1. The van der Waals surface area contributed by atoms with Crippen LogP contribution in [0.4, 0.5) is 10.5 Å². The molecule has 1 aromatic rings. The molecule has 1 aliphatic rings. The molecule has 0 radical (unpaired) electrons. The SMILES string of the molecule is C=C[C@@H]1C[C@]1(NC(=O)OC(C)(C)C)C(=O)NS(=O)(=O)c1ccccc1NCCOCCOCCC(=O)OC.COC(=O)CCOCCOCC=O. The van der Waals surface area contributed by atoms with Gasteiger partial charge in [0.1, 0.15) is 28.9 Å². The summed E-state index contributed by atoms with van der Waals surface area (Å²) in [6, 6.07) is 6.11. The van der Waals surface area contributed by atoms with Gasteiger partial charge in [-0.25, -0.2) is 17.9 Å². The molecule has 2 atom stereocenters. The van der Waals surface area contributed by atoms with E-state index in [-0.39, 0.29) is 74.8 Å². The predicted octanol–water partition coefficient (Wildman–Crippen LogP) is 1.75. The van der Waals surface area contributed by atoms with Crippen LogP contribution in [-0.4, -0.2) is 123 Å². The van der Waals surface area contributed by atoms with Gasteiger partial charge in [0.2, 0.25) is 0 Å². The Kier molecular flexibility index (Phi) is 20.6. The van der Waals surface area contributed by atoms with Crippen molar-refractivity contribution in [1.82, 2.24) is 10.0 Å². The fourth-order valence-corrected chi connectivity index (χ4v) is 5.30. The Labute approximate surface area is 299 Å². The molecule has 0 aliphatic heterocycles. The Hall–Kier alpha value is -4.10. The number of nitrogens with one attached hydrogen (secondary N) is 3. The molecular formula is C33H51N3O14S. The maximum Gasteiger partial charge on any atom is 0.408 e. The molecule has 2 amide bonds. The molecule has 3 N–H and O–H groups in total. The van der Waals surface area contributed by atoms with Crippen molar-refractivity contribution in [3.05, 3.63) is 36.9 Å². The molecular weight excluding hydrogens is 694 g/mol. The molecule has 0 heterocycles. The summed E-state index contributed by atoms with van der Waals surface area (Å²) < 4.78 is 63.0. The fraction of sp³-hybridized carbons (Fsp3) is 0.606. The number of amides is 2. The minimum atomic E-state index is -4.29. The van der Waals surface area contributed by atoms with Gasteiger partial charge in [-0.05, 0) is 39.3 Å². The van der Waals surface area contributed by atoms with Gasteiger partial charge in [-0.15, -0.1) is 6.58 Å². The van der Waals surface area contributed by atoms with Gasteiger partial charge in [-0.1, -0.05) is 18.2 Å². The van der Waals surface area contributed by atoms with E-state index in [1.165, 1.54) is 32.4 Å². The van der Waals surface area contributed by atoms with Gasteiger partial charge in [0, 0.05) is 12.5 Å². The highest BCUT2D eigenvalue weighted by Crippen LogP contribution is 2.45. The summed E-state index contributed by atoms with van der Waals surface area (Å²) in [6.45, 7) is 11.2. The van der Waals surface area contributed by atoms with Crippen LogP contribution in [0, 0.1) is 5.92 Å². The number of hydrogen-bond acceptors (Lipinski definition) is 15. The number of carbonyl (C=O) groups is 5. The third-order valence-electron chi connectivity index (χ3n) is 6.68. The molecule has 18 heteroatoms. The summed E-state index contributed by atoms with van der Waals surface area (Å²) in [5.74, 6) is -1.97. The lowest BCUT2D eigenvalue weighted by Crippen LogP contribution is -2.52. The summed E-state index contributed by atoms with van der Waals surface area (Å²) in [5, 5.41) is 5.50. The third kappa shape index (κ3) is 18.1. The molecule has 1 aliphatic carbocycles. The Balaban J connectivity index is 0.000000846. The molecule has 2 rings (SSSR count). The summed E-state index contributed by atoms with van der Waals surface area (Å²) in [7, 11) is -1.65. The van der Waals surface area contributed by atoms with Crippen molar-refractivity contribution < 1.29 is 65.5 Å². The van der Waals surface area contributed by atoms with Crippen molar-refractivity contribution in [2.45, 2.75) is 56.1 Å². The van der Waals surface area contributed by atoms with Crippen LogP contribution in [0.15, 0.2) is 41.8 Å². The highest BCUT2D eigenvalue weighted by Gasteiger charge is 2.61. The molecule has 1 fully saturated rings. The Bertz CT molecular complexity index is 1380. The number of esters is 2. The zero-order valence-electron chi connectivity index (χ0n) is 29.9. The number of alkyl carbamates (subject to hydrolysis) is 1. The Morgan fingerprint density at radius 2 is 1.43 bits per heavy atom. The van der Waals surface area contributed by atoms with Crippen molar-refractivity contribution in [2.75, 3.05) is 78.9 Å². The van der Waals surface area contributed by atoms with Crippen LogP contribution in [0.3, 0.4) is 0 Å². The molecule has 0 aromatic heterocycles. The number of benzene rings is 1. The second-order valence-corrected chi connectivity index (χ2v) is 13.4. The fourth-order valence-electron chi connectivity index (χ4n) is 4.08. The minimum Gasteiger partial charge on any atom is -0.469 e. The predicted molar refractivity (Wildman–Crippen MR) is 183 cm³/mol. The summed E-state index contributed by atoms with van der Waals surface area (Å²) in [4.78, 5) is 56.6. The second-order valence-electron chi connectivity index (χ2n) is 11.7. The molecule has 288 valence electrons. The number of carbonyl (C=O) groups excluding carboxylic acids is 5. The normalized spacial score (nSPS) is 16.4. The van der Waals surface area contributed by atoms with E-state index in [1.54, 1.807) is 32.9 Å². The van der Waals surface area contributed by atoms with Crippen LogP contribution in [0.2, 0.25) is 0 Å². The first-order valence-electron chi connectivity index (χ1n) is 16.1. The highest BCUT2D eigenvalue weighted by molar-refractivity contribution is 7.90. The number of para-hydroxylation sites is 1. The lowest BCUT2D eigenvalue weighted by molar-refractivity contribution is -0.142.